The van der Waals surface area contributed by atoms with Crippen LogP contribution in [0.5, 0.6) is 0 Å². The molecule has 0 saturated carbocycles. The number of hydrogen-bond donors (Lipinski definition) is 1. The molecule has 1 aromatic heterocycles. The summed E-state index contributed by atoms with van der Waals surface area (Å²) >= 11 is 11.9. The van der Waals surface area contributed by atoms with E-state index in [1.807, 2.05) is 0 Å². The number of hydrazone groups is 1. The molecule has 3 rings (SSSR count). The first-order chi connectivity index (χ1) is 14.8. The van der Waals surface area contributed by atoms with Crippen molar-refractivity contribution < 1.29 is 22.0 Å². The lowest BCUT2D eigenvalue weighted by Crippen LogP contribution is -2.39. The quantitative estimate of drug-likeness (QED) is 0.386. The highest BCUT2D eigenvalue weighted by Crippen LogP contribution is 2.25. The first-order valence-electron chi connectivity index (χ1n) is 8.81. The predicted octanol–water partition coefficient (Wildman–Crippen LogP) is 4.07. The Kier molecular flexibility index (Phi) is 7.45. The largest absolute Gasteiger partial charge is 0.463 e. The van der Waals surface area contributed by atoms with Crippen molar-refractivity contribution in [3.05, 3.63) is 88.0 Å². The molecule has 1 heterocycles. The summed E-state index contributed by atoms with van der Waals surface area (Å²) in [5.41, 5.74) is 2.15. The third-order valence-electron chi connectivity index (χ3n) is 4.09. The van der Waals surface area contributed by atoms with Crippen LogP contribution in [0.25, 0.3) is 0 Å². The van der Waals surface area contributed by atoms with Crippen LogP contribution >= 0.6 is 23.2 Å². The molecule has 0 aliphatic heterocycles. The molecular weight excluding hydrogens is 468 g/mol. The van der Waals surface area contributed by atoms with Gasteiger partial charge in [0.1, 0.15) is 11.6 Å². The Balaban J connectivity index is 1.86. The number of benzene rings is 2. The number of nitrogens with zero attached hydrogens (tertiary/aromatic N) is 2. The van der Waals surface area contributed by atoms with E-state index in [0.29, 0.717) is 10.8 Å². The number of hydrogen-bond acceptors (Lipinski definition) is 5. The van der Waals surface area contributed by atoms with Gasteiger partial charge >= 0.3 is 0 Å². The molecule has 0 spiro atoms. The van der Waals surface area contributed by atoms with Crippen molar-refractivity contribution in [1.82, 2.24) is 9.73 Å². The minimum Gasteiger partial charge on any atom is -0.463 e. The number of rotatable bonds is 8. The van der Waals surface area contributed by atoms with Crippen molar-refractivity contribution in [3.63, 3.8) is 0 Å². The fourth-order valence-electron chi connectivity index (χ4n) is 2.57. The monoisotopic (exact) mass is 483 g/mol. The molecule has 0 atom stereocenters. The molecule has 0 fully saturated rings. The minimum atomic E-state index is -4.19. The van der Waals surface area contributed by atoms with Gasteiger partial charge in [-0.15, -0.1) is 0 Å². The van der Waals surface area contributed by atoms with Gasteiger partial charge in [0.15, 0.2) is 0 Å². The lowest BCUT2D eigenvalue weighted by atomic mass is 10.2. The molecule has 1 amide bonds. The molecule has 0 saturated heterocycles. The van der Waals surface area contributed by atoms with Gasteiger partial charge in [-0.25, -0.2) is 18.2 Å². The van der Waals surface area contributed by atoms with E-state index in [1.54, 1.807) is 12.1 Å². The summed E-state index contributed by atoms with van der Waals surface area (Å²) in [4.78, 5) is 12.3. The third-order valence-corrected chi connectivity index (χ3v) is 6.50. The van der Waals surface area contributed by atoms with E-state index in [2.05, 4.69) is 10.5 Å². The second-order valence-electron chi connectivity index (χ2n) is 6.24. The van der Waals surface area contributed by atoms with Crippen LogP contribution in [0.2, 0.25) is 10.0 Å². The maximum absolute atomic E-state index is 14.3. The van der Waals surface area contributed by atoms with E-state index in [4.69, 9.17) is 27.6 Å². The Hall–Kier alpha value is -2.72. The van der Waals surface area contributed by atoms with Gasteiger partial charge < -0.3 is 4.42 Å². The summed E-state index contributed by atoms with van der Waals surface area (Å²) in [5.74, 6) is -1.04. The summed E-state index contributed by atoms with van der Waals surface area (Å²) in [5, 5.41) is 4.09. The summed E-state index contributed by atoms with van der Waals surface area (Å²) in [6.45, 7) is -1.10. The van der Waals surface area contributed by atoms with Crippen LogP contribution in [-0.2, 0) is 21.4 Å². The lowest BCUT2D eigenvalue weighted by molar-refractivity contribution is -0.121. The van der Waals surface area contributed by atoms with Crippen LogP contribution in [-0.4, -0.2) is 31.4 Å². The number of carbonyl (C=O) groups is 1. The third kappa shape index (κ3) is 5.92. The van der Waals surface area contributed by atoms with Crippen molar-refractivity contribution in [3.8, 4) is 0 Å². The molecule has 31 heavy (non-hydrogen) atoms. The van der Waals surface area contributed by atoms with Gasteiger partial charge in [-0.2, -0.15) is 9.41 Å². The number of nitrogens with one attached hydrogen (secondary N) is 1. The van der Waals surface area contributed by atoms with E-state index in [0.717, 1.165) is 10.4 Å². The van der Waals surface area contributed by atoms with Gasteiger partial charge in [-0.05, 0) is 48.5 Å². The lowest BCUT2D eigenvalue weighted by Gasteiger charge is -2.22. The number of carbonyl (C=O) groups excluding carboxylic acids is 1. The first-order valence-corrected chi connectivity index (χ1v) is 11.0. The molecule has 2 aromatic carbocycles. The zero-order valence-electron chi connectivity index (χ0n) is 15.8. The molecule has 11 heteroatoms. The first kappa shape index (κ1) is 23.0. The summed E-state index contributed by atoms with van der Waals surface area (Å²) < 4.78 is 46.4. The minimum absolute atomic E-state index is 0.0348. The van der Waals surface area contributed by atoms with Crippen LogP contribution < -0.4 is 5.43 Å². The average molecular weight is 484 g/mol. The molecule has 0 bridgehead atoms. The van der Waals surface area contributed by atoms with E-state index in [1.165, 1.54) is 48.9 Å². The van der Waals surface area contributed by atoms with Crippen molar-refractivity contribution in [2.24, 2.45) is 5.10 Å². The van der Waals surface area contributed by atoms with Crippen molar-refractivity contribution in [1.29, 1.82) is 0 Å². The maximum Gasteiger partial charge on any atom is 0.255 e. The van der Waals surface area contributed by atoms with Crippen molar-refractivity contribution in [2.75, 3.05) is 6.54 Å². The zero-order valence-corrected chi connectivity index (χ0v) is 18.2. The standard InChI is InChI=1S/C20H16Cl2FN3O4S/c21-14-6-8-16(9-7-14)31(28,29)26(12-17-18(22)4-1-5-19(17)23)13-20(27)25-24-11-15-3-2-10-30-15/h1-11H,12-13H2,(H,25,27)/b24-11-. The molecule has 0 aliphatic carbocycles. The van der Waals surface area contributed by atoms with Crippen LogP contribution in [0.3, 0.4) is 0 Å². The van der Waals surface area contributed by atoms with E-state index >= 15 is 0 Å². The maximum atomic E-state index is 14.3. The molecule has 162 valence electrons. The van der Waals surface area contributed by atoms with Crippen LogP contribution in [0.15, 0.2) is 75.3 Å². The molecule has 0 aliphatic rings. The predicted molar refractivity (Wildman–Crippen MR) is 115 cm³/mol. The van der Waals surface area contributed by atoms with Gasteiger partial charge in [0.05, 0.1) is 23.9 Å². The Morgan fingerprint density at radius 2 is 1.87 bits per heavy atom. The Labute approximate surface area is 188 Å². The second-order valence-corrected chi connectivity index (χ2v) is 9.02. The highest BCUT2D eigenvalue weighted by atomic mass is 35.5. The normalized spacial score (nSPS) is 11.9. The van der Waals surface area contributed by atoms with E-state index in [-0.39, 0.29) is 15.5 Å². The summed E-state index contributed by atoms with van der Waals surface area (Å²) in [7, 11) is -4.19. The topological polar surface area (TPSA) is 92.0 Å². The van der Waals surface area contributed by atoms with Gasteiger partial charge in [0, 0.05) is 22.2 Å². The fourth-order valence-corrected chi connectivity index (χ4v) is 4.28. The van der Waals surface area contributed by atoms with Gasteiger partial charge in [-0.1, -0.05) is 29.3 Å². The van der Waals surface area contributed by atoms with Gasteiger partial charge in [-0.3, -0.25) is 4.79 Å². The van der Waals surface area contributed by atoms with Crippen molar-refractivity contribution in [2.45, 2.75) is 11.4 Å². The van der Waals surface area contributed by atoms with Crippen LogP contribution in [0.4, 0.5) is 4.39 Å². The SMILES string of the molecule is O=C(CN(Cc1c(F)cccc1Cl)S(=O)(=O)c1ccc(Cl)cc1)N/N=C\c1ccco1. The second kappa shape index (κ2) is 10.1. The molecular formula is C20H16Cl2FN3O4S. The Morgan fingerprint density at radius 3 is 2.52 bits per heavy atom. The van der Waals surface area contributed by atoms with Crippen molar-refractivity contribution >= 4 is 45.3 Å². The highest BCUT2D eigenvalue weighted by Gasteiger charge is 2.28. The molecule has 0 radical (unpaired) electrons. The zero-order chi connectivity index (χ0) is 22.4. The Morgan fingerprint density at radius 1 is 1.13 bits per heavy atom. The molecule has 0 unspecified atom stereocenters. The van der Waals surface area contributed by atoms with E-state index < -0.39 is 34.8 Å². The van der Waals surface area contributed by atoms with Crippen LogP contribution in [0.1, 0.15) is 11.3 Å². The fraction of sp³-hybridized carbons (Fsp3) is 0.100. The number of amides is 1. The van der Waals surface area contributed by atoms with E-state index in [9.17, 15) is 17.6 Å². The molecule has 7 nitrogen and oxygen atoms in total. The molecule has 1 N–H and O–H groups in total. The number of sulfonamides is 1. The van der Waals surface area contributed by atoms with Gasteiger partial charge in [0.25, 0.3) is 5.91 Å². The summed E-state index contributed by atoms with van der Waals surface area (Å²) in [6, 6.07) is 12.6. The summed E-state index contributed by atoms with van der Waals surface area (Å²) in [6.07, 6.45) is 2.69. The number of halogens is 3. The number of furan rings is 1. The average Bonchev–Trinajstić information content (AvgIpc) is 3.24. The van der Waals surface area contributed by atoms with Gasteiger partial charge in [0.2, 0.25) is 10.0 Å². The highest BCUT2D eigenvalue weighted by molar-refractivity contribution is 7.89. The Bertz CT molecular complexity index is 1160. The smallest absolute Gasteiger partial charge is 0.255 e. The molecule has 3 aromatic rings. The van der Waals surface area contributed by atoms with Crippen LogP contribution in [0, 0.1) is 5.82 Å².